The van der Waals surface area contributed by atoms with Crippen LogP contribution in [0.25, 0.3) is 0 Å². The first-order valence-electron chi connectivity index (χ1n) is 6.91. The molecule has 0 atom stereocenters. The van der Waals surface area contributed by atoms with Crippen molar-refractivity contribution in [3.63, 3.8) is 0 Å². The van der Waals surface area contributed by atoms with Gasteiger partial charge in [-0.05, 0) is 30.5 Å². The van der Waals surface area contributed by atoms with Crippen molar-refractivity contribution in [1.82, 2.24) is 5.16 Å². The van der Waals surface area contributed by atoms with Gasteiger partial charge in [-0.3, -0.25) is 0 Å². The smallest absolute Gasteiger partial charge is 0.164 e. The molecule has 3 rings (SSSR count). The Kier molecular flexibility index (Phi) is 3.94. The molecule has 0 saturated carbocycles. The van der Waals surface area contributed by atoms with Crippen molar-refractivity contribution in [1.29, 1.82) is 0 Å². The zero-order valence-corrected chi connectivity index (χ0v) is 12.0. The normalized spacial score (nSPS) is 16.6. The van der Waals surface area contributed by atoms with E-state index in [1.165, 1.54) is 0 Å². The van der Waals surface area contributed by atoms with E-state index in [0.29, 0.717) is 12.5 Å². The third kappa shape index (κ3) is 2.97. The van der Waals surface area contributed by atoms with Gasteiger partial charge >= 0.3 is 0 Å². The molecular weight excluding hydrogens is 274 g/mol. The van der Waals surface area contributed by atoms with E-state index in [4.69, 9.17) is 21.9 Å². The van der Waals surface area contributed by atoms with Crippen LogP contribution in [-0.2, 0) is 6.42 Å². The molecule has 0 spiro atoms. The maximum atomic E-state index is 6.02. The third-order valence-corrected chi connectivity index (χ3v) is 3.99. The lowest BCUT2D eigenvalue weighted by molar-refractivity contribution is 0.388. The Balaban J connectivity index is 1.76. The van der Waals surface area contributed by atoms with Gasteiger partial charge < -0.3 is 15.2 Å². The average molecular weight is 292 g/mol. The van der Waals surface area contributed by atoms with E-state index in [9.17, 15) is 0 Å². The zero-order valence-electron chi connectivity index (χ0n) is 11.3. The number of hydrogen-bond donors (Lipinski definition) is 1. The van der Waals surface area contributed by atoms with E-state index in [2.05, 4.69) is 10.1 Å². The van der Waals surface area contributed by atoms with Gasteiger partial charge in [0, 0.05) is 30.6 Å². The van der Waals surface area contributed by atoms with E-state index < -0.39 is 0 Å². The van der Waals surface area contributed by atoms with Crippen LogP contribution in [0.1, 0.15) is 24.2 Å². The van der Waals surface area contributed by atoms with Crippen LogP contribution in [0.2, 0.25) is 5.02 Å². The summed E-state index contributed by atoms with van der Waals surface area (Å²) in [5.74, 6) is 0.891. The van der Waals surface area contributed by atoms with Gasteiger partial charge in [0.25, 0.3) is 0 Å². The highest BCUT2D eigenvalue weighted by molar-refractivity contribution is 6.30. The number of nitrogens with two attached hydrogens (primary N) is 1. The topological polar surface area (TPSA) is 55.3 Å². The van der Waals surface area contributed by atoms with Crippen LogP contribution in [0, 0.1) is 0 Å². The summed E-state index contributed by atoms with van der Waals surface area (Å²) in [4.78, 5) is 2.31. The number of benzene rings is 1. The molecule has 2 N–H and O–H groups in total. The molecule has 0 bridgehead atoms. The molecule has 2 heterocycles. The van der Waals surface area contributed by atoms with Crippen molar-refractivity contribution in [3.05, 3.63) is 46.8 Å². The van der Waals surface area contributed by atoms with Gasteiger partial charge in [-0.1, -0.05) is 28.9 Å². The van der Waals surface area contributed by atoms with Crippen LogP contribution in [0.4, 0.5) is 5.69 Å². The molecule has 5 heteroatoms. The molecule has 0 unspecified atom stereocenters. The lowest BCUT2D eigenvalue weighted by Crippen LogP contribution is -2.39. The quantitative estimate of drug-likeness (QED) is 0.945. The molecule has 0 radical (unpaired) electrons. The number of nitrogens with zero attached hydrogens (tertiary/aromatic N) is 2. The first-order chi connectivity index (χ1) is 9.72. The number of halogens is 1. The van der Waals surface area contributed by atoms with Crippen molar-refractivity contribution in [3.8, 4) is 0 Å². The molecule has 1 aromatic carbocycles. The van der Waals surface area contributed by atoms with Crippen LogP contribution in [0.15, 0.2) is 35.0 Å². The Bertz CT molecular complexity index is 576. The first kappa shape index (κ1) is 13.5. The molecule has 0 aliphatic carbocycles. The minimum Gasteiger partial charge on any atom is -0.367 e. The van der Waals surface area contributed by atoms with Crippen LogP contribution in [0.3, 0.4) is 0 Å². The maximum absolute atomic E-state index is 6.02. The van der Waals surface area contributed by atoms with Crippen molar-refractivity contribution in [2.75, 3.05) is 18.0 Å². The maximum Gasteiger partial charge on any atom is 0.164 e. The minimum absolute atomic E-state index is 0.322. The summed E-state index contributed by atoms with van der Waals surface area (Å²) in [5.41, 5.74) is 8.16. The molecule has 1 aromatic heterocycles. The van der Waals surface area contributed by atoms with Crippen molar-refractivity contribution in [2.45, 2.75) is 25.3 Å². The second-order valence-electron chi connectivity index (χ2n) is 5.27. The fourth-order valence-electron chi connectivity index (χ4n) is 2.61. The molecule has 4 nitrogen and oxygen atoms in total. The summed E-state index contributed by atoms with van der Waals surface area (Å²) in [5, 5.41) is 4.70. The lowest BCUT2D eigenvalue weighted by Gasteiger charge is -2.31. The van der Waals surface area contributed by atoms with Gasteiger partial charge in [0.1, 0.15) is 5.69 Å². The molecular formula is C15H18ClN3O. The SMILES string of the molecule is NC1CCN(c2cnoc2Cc2cccc(Cl)c2)CC1. The summed E-state index contributed by atoms with van der Waals surface area (Å²) >= 11 is 6.02. The highest BCUT2D eigenvalue weighted by Crippen LogP contribution is 2.26. The van der Waals surface area contributed by atoms with Crippen LogP contribution in [0.5, 0.6) is 0 Å². The number of rotatable bonds is 3. The molecule has 2 aromatic rings. The molecule has 106 valence electrons. The number of piperidine rings is 1. The highest BCUT2D eigenvalue weighted by Gasteiger charge is 2.21. The standard InChI is InChI=1S/C15H18ClN3O/c16-12-3-1-2-11(8-12)9-15-14(10-18-20-15)19-6-4-13(17)5-7-19/h1-3,8,10,13H,4-7,9,17H2. The molecule has 20 heavy (non-hydrogen) atoms. The number of hydrogen-bond acceptors (Lipinski definition) is 4. The second-order valence-corrected chi connectivity index (χ2v) is 5.70. The Hall–Kier alpha value is -1.52. The Morgan fingerprint density at radius 2 is 2.15 bits per heavy atom. The lowest BCUT2D eigenvalue weighted by atomic mass is 10.0. The van der Waals surface area contributed by atoms with Gasteiger partial charge in [0.05, 0.1) is 6.20 Å². The van der Waals surface area contributed by atoms with Gasteiger partial charge in [-0.2, -0.15) is 0 Å². The molecule has 1 aliphatic heterocycles. The van der Waals surface area contributed by atoms with Crippen molar-refractivity contribution >= 4 is 17.3 Å². The molecule has 1 saturated heterocycles. The summed E-state index contributed by atoms with van der Waals surface area (Å²) in [6, 6.07) is 8.15. The zero-order chi connectivity index (χ0) is 13.9. The average Bonchev–Trinajstić information content (AvgIpc) is 2.88. The van der Waals surface area contributed by atoms with Crippen LogP contribution < -0.4 is 10.6 Å². The molecule has 1 aliphatic rings. The third-order valence-electron chi connectivity index (χ3n) is 3.76. The van der Waals surface area contributed by atoms with Crippen molar-refractivity contribution < 1.29 is 4.52 Å². The van der Waals surface area contributed by atoms with Crippen LogP contribution >= 0.6 is 11.6 Å². The highest BCUT2D eigenvalue weighted by atomic mass is 35.5. The van der Waals surface area contributed by atoms with Gasteiger partial charge in [-0.15, -0.1) is 0 Å². The number of anilines is 1. The summed E-state index contributed by atoms with van der Waals surface area (Å²) in [6.45, 7) is 1.93. The Morgan fingerprint density at radius 1 is 1.35 bits per heavy atom. The summed E-state index contributed by atoms with van der Waals surface area (Å²) in [7, 11) is 0. The van der Waals surface area contributed by atoms with E-state index in [1.807, 2.05) is 24.3 Å². The van der Waals surface area contributed by atoms with Gasteiger partial charge in [-0.25, -0.2) is 0 Å². The predicted molar refractivity (Wildman–Crippen MR) is 80.2 cm³/mol. The fourth-order valence-corrected chi connectivity index (χ4v) is 2.83. The van der Waals surface area contributed by atoms with Gasteiger partial charge in [0.2, 0.25) is 0 Å². The molecule has 0 amide bonds. The predicted octanol–water partition coefficient (Wildman–Crippen LogP) is 2.85. The van der Waals surface area contributed by atoms with Crippen molar-refractivity contribution in [2.24, 2.45) is 5.73 Å². The molecule has 1 fully saturated rings. The van der Waals surface area contributed by atoms with E-state index in [-0.39, 0.29) is 0 Å². The largest absolute Gasteiger partial charge is 0.367 e. The fraction of sp³-hybridized carbons (Fsp3) is 0.400. The monoisotopic (exact) mass is 291 g/mol. The number of aromatic nitrogens is 1. The Morgan fingerprint density at radius 3 is 2.90 bits per heavy atom. The first-order valence-corrected chi connectivity index (χ1v) is 7.28. The van der Waals surface area contributed by atoms with E-state index in [1.54, 1.807) is 6.20 Å². The van der Waals surface area contributed by atoms with Crippen LogP contribution in [-0.4, -0.2) is 24.3 Å². The van der Waals surface area contributed by atoms with E-state index >= 15 is 0 Å². The second kappa shape index (κ2) is 5.85. The van der Waals surface area contributed by atoms with E-state index in [0.717, 1.165) is 48.0 Å². The summed E-state index contributed by atoms with van der Waals surface area (Å²) in [6.07, 6.45) is 4.54. The Labute approximate surface area is 123 Å². The minimum atomic E-state index is 0.322. The summed E-state index contributed by atoms with van der Waals surface area (Å²) < 4.78 is 5.42. The van der Waals surface area contributed by atoms with Gasteiger partial charge in [0.15, 0.2) is 5.76 Å².